The van der Waals surface area contributed by atoms with E-state index in [4.69, 9.17) is 4.74 Å². The van der Waals surface area contributed by atoms with E-state index in [1.807, 2.05) is 13.8 Å². The number of halogens is 3. The summed E-state index contributed by atoms with van der Waals surface area (Å²) in [5.74, 6) is 0. The molecule has 2 atom stereocenters. The number of aliphatic hydroxyl groups is 1. The minimum atomic E-state index is -4.37. The van der Waals surface area contributed by atoms with E-state index in [9.17, 15) is 18.3 Å². The van der Waals surface area contributed by atoms with Gasteiger partial charge in [0.2, 0.25) is 0 Å². The standard InChI is InChI=1S/C15H21F3O2/c1-4-14(3,20-5-2)13(19)10-11-7-6-8-12(9-11)15(16,17)18/h6-9,13,19H,4-5,10H2,1-3H3. The van der Waals surface area contributed by atoms with Gasteiger partial charge in [0.15, 0.2) is 0 Å². The molecule has 0 saturated heterocycles. The average Bonchev–Trinajstić information content (AvgIpc) is 2.38. The molecule has 0 spiro atoms. The summed E-state index contributed by atoms with van der Waals surface area (Å²) in [5.41, 5.74) is -0.994. The van der Waals surface area contributed by atoms with Crippen LogP contribution in [0.25, 0.3) is 0 Å². The van der Waals surface area contributed by atoms with Gasteiger partial charge >= 0.3 is 6.18 Å². The van der Waals surface area contributed by atoms with Crippen LogP contribution in [0.4, 0.5) is 13.2 Å². The van der Waals surface area contributed by atoms with Crippen molar-refractivity contribution in [1.29, 1.82) is 0 Å². The Labute approximate surface area is 117 Å². The Morgan fingerprint density at radius 1 is 1.25 bits per heavy atom. The lowest BCUT2D eigenvalue weighted by atomic mass is 9.90. The van der Waals surface area contributed by atoms with Crippen molar-refractivity contribution < 1.29 is 23.0 Å². The van der Waals surface area contributed by atoms with Crippen molar-refractivity contribution in [3.8, 4) is 0 Å². The molecule has 0 heterocycles. The van der Waals surface area contributed by atoms with Gasteiger partial charge in [0, 0.05) is 13.0 Å². The molecule has 114 valence electrons. The van der Waals surface area contributed by atoms with Crippen LogP contribution in [0.5, 0.6) is 0 Å². The molecule has 0 aliphatic heterocycles. The third kappa shape index (κ3) is 4.21. The first-order valence-corrected chi connectivity index (χ1v) is 6.71. The van der Waals surface area contributed by atoms with Crippen LogP contribution in [0.1, 0.15) is 38.3 Å². The molecule has 0 aromatic heterocycles. The van der Waals surface area contributed by atoms with Crippen molar-refractivity contribution in [2.24, 2.45) is 0 Å². The van der Waals surface area contributed by atoms with Gasteiger partial charge in [0.25, 0.3) is 0 Å². The van der Waals surface area contributed by atoms with Gasteiger partial charge in [-0.3, -0.25) is 0 Å². The van der Waals surface area contributed by atoms with Crippen molar-refractivity contribution in [2.75, 3.05) is 6.61 Å². The molecule has 0 amide bonds. The number of ether oxygens (including phenoxy) is 1. The van der Waals surface area contributed by atoms with Crippen molar-refractivity contribution in [3.63, 3.8) is 0 Å². The molecule has 2 unspecified atom stereocenters. The lowest BCUT2D eigenvalue weighted by Gasteiger charge is -2.33. The number of aliphatic hydroxyl groups excluding tert-OH is 1. The van der Waals surface area contributed by atoms with Crippen LogP contribution in [0.2, 0.25) is 0 Å². The highest BCUT2D eigenvalue weighted by Gasteiger charge is 2.33. The second kappa shape index (κ2) is 6.59. The maximum atomic E-state index is 12.6. The highest BCUT2D eigenvalue weighted by atomic mass is 19.4. The van der Waals surface area contributed by atoms with Crippen LogP contribution in [-0.4, -0.2) is 23.4 Å². The van der Waals surface area contributed by atoms with Crippen molar-refractivity contribution in [2.45, 2.75) is 51.5 Å². The molecular formula is C15H21F3O2. The summed E-state index contributed by atoms with van der Waals surface area (Å²) >= 11 is 0. The molecular weight excluding hydrogens is 269 g/mol. The van der Waals surface area contributed by atoms with Gasteiger partial charge in [0.1, 0.15) is 0 Å². The molecule has 20 heavy (non-hydrogen) atoms. The number of alkyl halides is 3. The second-order valence-corrected chi connectivity index (χ2v) is 5.02. The predicted molar refractivity (Wildman–Crippen MR) is 71.5 cm³/mol. The van der Waals surface area contributed by atoms with Crippen molar-refractivity contribution >= 4 is 0 Å². The molecule has 1 aromatic carbocycles. The SMILES string of the molecule is CCOC(C)(CC)C(O)Cc1cccc(C(F)(F)F)c1. The van der Waals surface area contributed by atoms with E-state index in [1.165, 1.54) is 6.07 Å². The number of benzene rings is 1. The first-order chi connectivity index (χ1) is 9.23. The maximum Gasteiger partial charge on any atom is 0.416 e. The molecule has 1 N–H and O–H groups in total. The van der Waals surface area contributed by atoms with Crippen LogP contribution >= 0.6 is 0 Å². The molecule has 2 nitrogen and oxygen atoms in total. The van der Waals surface area contributed by atoms with Gasteiger partial charge in [-0.1, -0.05) is 25.1 Å². The molecule has 0 bridgehead atoms. The normalized spacial score (nSPS) is 16.8. The van der Waals surface area contributed by atoms with Gasteiger partial charge < -0.3 is 9.84 Å². The molecule has 0 saturated carbocycles. The largest absolute Gasteiger partial charge is 0.416 e. The Bertz CT molecular complexity index is 431. The quantitative estimate of drug-likeness (QED) is 0.863. The summed E-state index contributed by atoms with van der Waals surface area (Å²) in [7, 11) is 0. The van der Waals surface area contributed by atoms with Crippen LogP contribution in [0.15, 0.2) is 24.3 Å². The Morgan fingerprint density at radius 2 is 1.90 bits per heavy atom. The van der Waals surface area contributed by atoms with Crippen molar-refractivity contribution in [1.82, 2.24) is 0 Å². The van der Waals surface area contributed by atoms with E-state index in [0.29, 0.717) is 18.6 Å². The van der Waals surface area contributed by atoms with Gasteiger partial charge in [-0.05, 0) is 31.9 Å². The molecule has 0 aliphatic carbocycles. The van der Waals surface area contributed by atoms with Crippen LogP contribution in [-0.2, 0) is 17.3 Å². The van der Waals surface area contributed by atoms with Crippen LogP contribution < -0.4 is 0 Å². The predicted octanol–water partition coefficient (Wildman–Crippen LogP) is 3.81. The van der Waals surface area contributed by atoms with Gasteiger partial charge in [-0.25, -0.2) is 0 Å². The smallest absolute Gasteiger partial charge is 0.390 e. The molecule has 0 aliphatic rings. The highest BCUT2D eigenvalue weighted by molar-refractivity contribution is 5.26. The summed E-state index contributed by atoms with van der Waals surface area (Å²) in [6.07, 6.45) is -4.50. The third-order valence-corrected chi connectivity index (χ3v) is 3.56. The maximum absolute atomic E-state index is 12.6. The van der Waals surface area contributed by atoms with E-state index in [-0.39, 0.29) is 6.42 Å². The lowest BCUT2D eigenvalue weighted by molar-refractivity contribution is -0.137. The summed E-state index contributed by atoms with van der Waals surface area (Å²) in [5, 5.41) is 10.2. The number of hydrogen-bond acceptors (Lipinski definition) is 2. The minimum Gasteiger partial charge on any atom is -0.390 e. The summed E-state index contributed by atoms with van der Waals surface area (Å²) < 4.78 is 43.5. The molecule has 0 radical (unpaired) electrons. The van der Waals surface area contributed by atoms with Gasteiger partial charge in [0.05, 0.1) is 17.3 Å². The van der Waals surface area contributed by atoms with E-state index in [1.54, 1.807) is 13.0 Å². The Morgan fingerprint density at radius 3 is 2.40 bits per heavy atom. The molecule has 1 rings (SSSR count). The zero-order chi connectivity index (χ0) is 15.4. The Kier molecular flexibility index (Phi) is 5.59. The van der Waals surface area contributed by atoms with E-state index >= 15 is 0 Å². The fraction of sp³-hybridized carbons (Fsp3) is 0.600. The fourth-order valence-electron chi connectivity index (χ4n) is 2.08. The topological polar surface area (TPSA) is 29.5 Å². The Hall–Kier alpha value is -1.07. The second-order valence-electron chi connectivity index (χ2n) is 5.02. The lowest BCUT2D eigenvalue weighted by Crippen LogP contribution is -2.43. The zero-order valence-corrected chi connectivity index (χ0v) is 12.0. The summed E-state index contributed by atoms with van der Waals surface area (Å²) in [6, 6.07) is 5.04. The summed E-state index contributed by atoms with van der Waals surface area (Å²) in [4.78, 5) is 0. The first kappa shape index (κ1) is 17.0. The first-order valence-electron chi connectivity index (χ1n) is 6.71. The third-order valence-electron chi connectivity index (χ3n) is 3.56. The summed E-state index contributed by atoms with van der Waals surface area (Å²) in [6.45, 7) is 5.93. The van der Waals surface area contributed by atoms with Crippen molar-refractivity contribution in [3.05, 3.63) is 35.4 Å². The van der Waals surface area contributed by atoms with E-state index in [0.717, 1.165) is 12.1 Å². The van der Waals surface area contributed by atoms with E-state index in [2.05, 4.69) is 0 Å². The molecule has 5 heteroatoms. The zero-order valence-electron chi connectivity index (χ0n) is 12.0. The van der Waals surface area contributed by atoms with Gasteiger partial charge in [-0.15, -0.1) is 0 Å². The van der Waals surface area contributed by atoms with Gasteiger partial charge in [-0.2, -0.15) is 13.2 Å². The van der Waals surface area contributed by atoms with Crippen LogP contribution in [0, 0.1) is 0 Å². The fourth-order valence-corrected chi connectivity index (χ4v) is 2.08. The minimum absolute atomic E-state index is 0.133. The van der Waals surface area contributed by atoms with E-state index < -0.39 is 23.4 Å². The average molecular weight is 290 g/mol. The number of rotatable bonds is 6. The van der Waals surface area contributed by atoms with Crippen LogP contribution in [0.3, 0.4) is 0 Å². The molecule has 1 aromatic rings. The highest BCUT2D eigenvalue weighted by Crippen LogP contribution is 2.30. The Balaban J connectivity index is 2.88. The monoisotopic (exact) mass is 290 g/mol. The molecule has 0 fully saturated rings. The number of hydrogen-bond donors (Lipinski definition) is 1.